The van der Waals surface area contributed by atoms with Gasteiger partial charge in [-0.1, -0.05) is 12.1 Å². The van der Waals surface area contributed by atoms with Crippen LogP contribution in [0.3, 0.4) is 0 Å². The van der Waals surface area contributed by atoms with Gasteiger partial charge in [-0.05, 0) is 37.6 Å². The molecule has 7 nitrogen and oxygen atoms in total. The van der Waals surface area contributed by atoms with E-state index in [1.165, 1.54) is 17.5 Å². The molecule has 2 aromatic heterocycles. The van der Waals surface area contributed by atoms with Gasteiger partial charge in [0.2, 0.25) is 10.0 Å². The Morgan fingerprint density at radius 1 is 1.22 bits per heavy atom. The van der Waals surface area contributed by atoms with Gasteiger partial charge in [0.05, 0.1) is 15.2 Å². The van der Waals surface area contributed by atoms with E-state index in [0.29, 0.717) is 16.8 Å². The number of pyridine rings is 1. The number of nitrogens with zero attached hydrogens (tertiary/aromatic N) is 1. The minimum atomic E-state index is -3.54. The maximum absolute atomic E-state index is 12.3. The van der Waals surface area contributed by atoms with Crippen LogP contribution in [0.2, 0.25) is 0 Å². The average Bonchev–Trinajstić information content (AvgIpc) is 3.07. The molecule has 0 unspecified atom stereocenters. The van der Waals surface area contributed by atoms with Crippen LogP contribution < -0.4 is 15.8 Å². The van der Waals surface area contributed by atoms with Gasteiger partial charge in [-0.2, -0.15) is 0 Å². The second-order valence-electron chi connectivity index (χ2n) is 6.29. The lowest BCUT2D eigenvalue weighted by molar-refractivity contribution is 0.0964. The quantitative estimate of drug-likeness (QED) is 0.605. The number of aromatic nitrogens is 1. The normalized spacial score (nSPS) is 11.9. The summed E-state index contributed by atoms with van der Waals surface area (Å²) in [6.45, 7) is 3.54. The lowest BCUT2D eigenvalue weighted by Crippen LogP contribution is -2.30. The first-order valence-corrected chi connectivity index (χ1v) is 10.6. The number of sulfonamides is 1. The van der Waals surface area contributed by atoms with Crippen LogP contribution in [0.1, 0.15) is 24.2 Å². The topological polar surface area (TPSA) is 114 Å². The highest BCUT2D eigenvalue weighted by Gasteiger charge is 2.18. The van der Waals surface area contributed by atoms with Gasteiger partial charge in [-0.15, -0.1) is 11.3 Å². The van der Waals surface area contributed by atoms with Crippen LogP contribution in [0.4, 0.5) is 5.82 Å². The van der Waals surface area contributed by atoms with Crippen molar-refractivity contribution in [2.24, 2.45) is 0 Å². The Kier molecular flexibility index (Phi) is 5.18. The molecule has 1 amide bonds. The van der Waals surface area contributed by atoms with Gasteiger partial charge in [0, 0.05) is 29.5 Å². The van der Waals surface area contributed by atoms with Gasteiger partial charge >= 0.3 is 0 Å². The van der Waals surface area contributed by atoms with Crippen molar-refractivity contribution in [2.75, 3.05) is 12.8 Å². The molecule has 0 aliphatic heterocycles. The van der Waals surface area contributed by atoms with Gasteiger partial charge in [-0.25, -0.2) is 18.1 Å². The predicted molar refractivity (Wildman–Crippen MR) is 108 cm³/mol. The van der Waals surface area contributed by atoms with Gasteiger partial charge < -0.3 is 11.1 Å². The van der Waals surface area contributed by atoms with Crippen molar-refractivity contribution in [1.82, 2.24) is 15.0 Å². The molecule has 1 aromatic carbocycles. The molecule has 0 saturated carbocycles. The van der Waals surface area contributed by atoms with Crippen LogP contribution in [0.15, 0.2) is 41.4 Å². The summed E-state index contributed by atoms with van der Waals surface area (Å²) in [6.07, 6.45) is 1.46. The first-order chi connectivity index (χ1) is 12.7. The van der Waals surface area contributed by atoms with E-state index in [1.807, 2.05) is 6.07 Å². The average molecular weight is 405 g/mol. The first kappa shape index (κ1) is 19.3. The van der Waals surface area contributed by atoms with Crippen LogP contribution in [0.5, 0.6) is 0 Å². The molecule has 2 heterocycles. The Morgan fingerprint density at radius 3 is 2.48 bits per heavy atom. The van der Waals surface area contributed by atoms with Gasteiger partial charge in [-0.3, -0.25) is 4.79 Å². The third-order valence-electron chi connectivity index (χ3n) is 3.90. The molecule has 9 heteroatoms. The van der Waals surface area contributed by atoms with Gasteiger partial charge in [0.1, 0.15) is 5.82 Å². The number of amides is 1. The van der Waals surface area contributed by atoms with Crippen LogP contribution >= 0.6 is 11.3 Å². The number of thiophene rings is 1. The summed E-state index contributed by atoms with van der Waals surface area (Å²) in [7, 11) is -1.98. The lowest BCUT2D eigenvalue weighted by Gasteiger charge is -2.09. The van der Waals surface area contributed by atoms with Gasteiger partial charge in [0.25, 0.3) is 5.91 Å². The summed E-state index contributed by atoms with van der Waals surface area (Å²) in [6, 6.07) is 8.28. The van der Waals surface area contributed by atoms with E-state index < -0.39 is 10.0 Å². The lowest BCUT2D eigenvalue weighted by atomic mass is 10.1. The zero-order chi connectivity index (χ0) is 19.8. The second-order valence-corrected chi connectivity index (χ2v) is 9.06. The molecule has 0 bridgehead atoms. The van der Waals surface area contributed by atoms with E-state index in [-0.39, 0.29) is 16.8 Å². The van der Waals surface area contributed by atoms with Crippen molar-refractivity contribution in [3.63, 3.8) is 0 Å². The summed E-state index contributed by atoms with van der Waals surface area (Å²) >= 11 is 1.41. The Hall–Kier alpha value is -2.49. The van der Waals surface area contributed by atoms with E-state index in [0.717, 1.165) is 15.1 Å². The van der Waals surface area contributed by atoms with Crippen molar-refractivity contribution >= 4 is 43.2 Å². The Balaban J connectivity index is 2.03. The van der Waals surface area contributed by atoms with E-state index in [9.17, 15) is 13.2 Å². The van der Waals surface area contributed by atoms with E-state index in [4.69, 9.17) is 5.73 Å². The smallest absolute Gasteiger partial charge is 0.254 e. The summed E-state index contributed by atoms with van der Waals surface area (Å²) in [5, 5.41) is 3.30. The van der Waals surface area contributed by atoms with E-state index in [2.05, 4.69) is 15.0 Å². The molecule has 0 spiro atoms. The molecule has 0 aliphatic carbocycles. The molecule has 0 atom stereocenters. The number of hydrogen-bond acceptors (Lipinski definition) is 6. The molecule has 0 aliphatic rings. The number of fused-ring (bicyclic) bond motifs is 1. The fourth-order valence-electron chi connectivity index (χ4n) is 2.66. The first-order valence-electron chi connectivity index (χ1n) is 8.26. The van der Waals surface area contributed by atoms with E-state index in [1.54, 1.807) is 45.2 Å². The zero-order valence-corrected chi connectivity index (χ0v) is 16.7. The largest absolute Gasteiger partial charge is 0.383 e. The van der Waals surface area contributed by atoms with Crippen LogP contribution in [0.25, 0.3) is 20.5 Å². The highest BCUT2D eigenvalue weighted by molar-refractivity contribution is 7.89. The highest BCUT2D eigenvalue weighted by atomic mass is 32.2. The van der Waals surface area contributed by atoms with Crippen molar-refractivity contribution in [3.05, 3.63) is 42.1 Å². The molecule has 3 aromatic rings. The van der Waals surface area contributed by atoms with Crippen molar-refractivity contribution in [3.8, 4) is 10.4 Å². The molecule has 4 N–H and O–H groups in total. The molecule has 0 fully saturated rings. The third kappa shape index (κ3) is 3.80. The number of nitrogen functional groups attached to an aromatic ring is 1. The minimum absolute atomic E-state index is 0.184. The summed E-state index contributed by atoms with van der Waals surface area (Å²) in [5.41, 5.74) is 7.25. The number of benzene rings is 1. The standard InChI is InChI=1S/C18H20N4O3S2/c1-10(2)22-27(24,25)12-6-4-11(5-7-12)15-8-13-16(26-15)14(18(23)20-3)9-21-17(13)19/h4-10,22H,1-3H3,(H2,19,21)(H,20,23). The predicted octanol–water partition coefficient (Wildman–Crippen LogP) is 2.59. The van der Waals surface area contributed by atoms with Crippen molar-refractivity contribution in [2.45, 2.75) is 24.8 Å². The number of carbonyl (C=O) groups is 1. The Labute approximate surface area is 161 Å². The SMILES string of the molecule is CNC(=O)c1cnc(N)c2cc(-c3ccc(S(=O)(=O)NC(C)C)cc3)sc12. The molecule has 27 heavy (non-hydrogen) atoms. The fraction of sp³-hybridized carbons (Fsp3) is 0.222. The third-order valence-corrected chi connectivity index (χ3v) is 6.79. The minimum Gasteiger partial charge on any atom is -0.383 e. The Morgan fingerprint density at radius 2 is 1.89 bits per heavy atom. The number of anilines is 1. The number of hydrogen-bond donors (Lipinski definition) is 3. The maximum Gasteiger partial charge on any atom is 0.254 e. The number of rotatable bonds is 5. The number of carbonyl (C=O) groups excluding carboxylic acids is 1. The molecule has 0 radical (unpaired) electrons. The maximum atomic E-state index is 12.3. The molecule has 3 rings (SSSR count). The molecular weight excluding hydrogens is 384 g/mol. The summed E-state index contributed by atoms with van der Waals surface area (Å²) < 4.78 is 27.8. The summed E-state index contributed by atoms with van der Waals surface area (Å²) in [4.78, 5) is 17.2. The monoisotopic (exact) mass is 404 g/mol. The zero-order valence-electron chi connectivity index (χ0n) is 15.1. The van der Waals surface area contributed by atoms with Gasteiger partial charge in [0.15, 0.2) is 0 Å². The molecular formula is C18H20N4O3S2. The molecule has 0 saturated heterocycles. The summed E-state index contributed by atoms with van der Waals surface area (Å²) in [5.74, 6) is 0.114. The van der Waals surface area contributed by atoms with E-state index >= 15 is 0 Å². The molecule has 142 valence electrons. The van der Waals surface area contributed by atoms with Crippen molar-refractivity contribution in [1.29, 1.82) is 0 Å². The van der Waals surface area contributed by atoms with Crippen LogP contribution in [-0.2, 0) is 10.0 Å². The fourth-order valence-corrected chi connectivity index (χ4v) is 5.09. The van der Waals surface area contributed by atoms with Crippen LogP contribution in [-0.4, -0.2) is 32.4 Å². The number of nitrogens with one attached hydrogen (secondary N) is 2. The second kappa shape index (κ2) is 7.26. The highest BCUT2D eigenvalue weighted by Crippen LogP contribution is 2.37. The Bertz CT molecular complexity index is 1100. The van der Waals surface area contributed by atoms with Crippen molar-refractivity contribution < 1.29 is 13.2 Å². The van der Waals surface area contributed by atoms with Crippen LogP contribution in [0, 0.1) is 0 Å². The number of nitrogens with two attached hydrogens (primary N) is 1.